The van der Waals surface area contributed by atoms with Crippen LogP contribution in [-0.2, 0) is 4.79 Å². The lowest BCUT2D eigenvalue weighted by molar-refractivity contribution is -0.133. The molecule has 0 aliphatic rings. The van der Waals surface area contributed by atoms with Crippen LogP contribution in [0, 0.1) is 0 Å². The lowest BCUT2D eigenvalue weighted by Gasteiger charge is -2.24. The number of unbranched alkanes of at least 4 members (excludes halogenated alkanes) is 3. The molecular weight excluding hydrogens is 448 g/mol. The predicted molar refractivity (Wildman–Crippen MR) is 110 cm³/mol. The molecule has 0 saturated carbocycles. The van der Waals surface area contributed by atoms with Crippen molar-refractivity contribution in [2.45, 2.75) is 71.3 Å². The Morgan fingerprint density at radius 3 is 2.48 bits per heavy atom. The summed E-state index contributed by atoms with van der Waals surface area (Å²) in [6.07, 6.45) is 5.40. The van der Waals surface area contributed by atoms with Gasteiger partial charge in [0.05, 0.1) is 10.0 Å². The Morgan fingerprint density at radius 2 is 1.92 bits per heavy atom. The van der Waals surface area contributed by atoms with Crippen LogP contribution < -0.4 is 4.74 Å². The Morgan fingerprint density at radius 1 is 1.24 bits per heavy atom. The van der Waals surface area contributed by atoms with Crippen molar-refractivity contribution in [3.05, 3.63) is 38.8 Å². The highest BCUT2D eigenvalue weighted by molar-refractivity contribution is 9.11. The van der Waals surface area contributed by atoms with E-state index in [0.717, 1.165) is 52.4 Å². The van der Waals surface area contributed by atoms with Crippen LogP contribution in [0.4, 0.5) is 0 Å². The molecule has 0 saturated heterocycles. The third kappa shape index (κ3) is 6.78. The number of benzene rings is 1. The van der Waals surface area contributed by atoms with Crippen LogP contribution in [0.3, 0.4) is 0 Å². The van der Waals surface area contributed by atoms with Crippen LogP contribution in [0.15, 0.2) is 33.2 Å². The van der Waals surface area contributed by atoms with Gasteiger partial charge >= 0.3 is 5.97 Å². The Labute approximate surface area is 168 Å². The lowest BCUT2D eigenvalue weighted by Crippen LogP contribution is -2.24. The first kappa shape index (κ1) is 22.2. The Kier molecular flexibility index (Phi) is 9.80. The van der Waals surface area contributed by atoms with Crippen LogP contribution in [0.25, 0.3) is 0 Å². The molecule has 0 aliphatic carbocycles. The summed E-state index contributed by atoms with van der Waals surface area (Å²) in [6, 6.07) is 3.98. The molecule has 2 atom stereocenters. The molecule has 0 radical (unpaired) electrons. The first-order valence-electron chi connectivity index (χ1n) is 8.89. The largest absolute Gasteiger partial charge is 0.484 e. The summed E-state index contributed by atoms with van der Waals surface area (Å²) >= 11 is 7.10. The number of carboxylic acids is 1. The number of carbonyl (C=O) groups is 1. The monoisotopic (exact) mass is 474 g/mol. The number of rotatable bonds is 11. The number of hydrogen-bond acceptors (Lipinski definition) is 2. The van der Waals surface area contributed by atoms with E-state index in [9.17, 15) is 9.90 Å². The molecule has 1 aromatic carbocycles. The van der Waals surface area contributed by atoms with Crippen molar-refractivity contribution in [2.75, 3.05) is 0 Å². The minimum absolute atomic E-state index is 0.112. The fourth-order valence-corrected chi connectivity index (χ4v) is 3.98. The summed E-state index contributed by atoms with van der Waals surface area (Å²) in [5.74, 6) is 0.0295. The van der Waals surface area contributed by atoms with Gasteiger partial charge in [0.15, 0.2) is 0 Å². The van der Waals surface area contributed by atoms with Gasteiger partial charge in [-0.05, 0) is 58.8 Å². The van der Waals surface area contributed by atoms with Crippen molar-refractivity contribution in [3.63, 3.8) is 0 Å². The highest BCUT2D eigenvalue weighted by atomic mass is 79.9. The Hall–Kier alpha value is -0.810. The molecule has 1 N–H and O–H groups in total. The highest BCUT2D eigenvalue weighted by Gasteiger charge is 2.24. The third-order valence-electron chi connectivity index (χ3n) is 4.42. The van der Waals surface area contributed by atoms with E-state index in [-0.39, 0.29) is 5.57 Å². The molecule has 0 fully saturated rings. The highest BCUT2D eigenvalue weighted by Crippen LogP contribution is 2.39. The van der Waals surface area contributed by atoms with E-state index in [0.29, 0.717) is 12.3 Å². The van der Waals surface area contributed by atoms with Crippen molar-refractivity contribution in [2.24, 2.45) is 0 Å². The molecule has 5 heteroatoms. The molecule has 0 bridgehead atoms. The zero-order valence-electron chi connectivity index (χ0n) is 15.3. The second kappa shape index (κ2) is 11.0. The summed E-state index contributed by atoms with van der Waals surface area (Å²) < 4.78 is 8.01. The van der Waals surface area contributed by atoms with Crippen LogP contribution in [-0.4, -0.2) is 17.2 Å². The molecule has 2 unspecified atom stereocenters. The van der Waals surface area contributed by atoms with Gasteiger partial charge in [0.25, 0.3) is 0 Å². The van der Waals surface area contributed by atoms with Crippen molar-refractivity contribution < 1.29 is 14.6 Å². The standard InChI is InChI=1S/C20H28Br2O3/c1-5-7-8-9-10-18(14(4)20(23)24)25-19-16(13(3)6-2)11-15(21)12-17(19)22/h11-13,18H,4-10H2,1-3H3,(H,23,24). The average Bonchev–Trinajstić information content (AvgIpc) is 2.57. The fourth-order valence-electron chi connectivity index (χ4n) is 2.63. The second-order valence-electron chi connectivity index (χ2n) is 6.40. The summed E-state index contributed by atoms with van der Waals surface area (Å²) in [5.41, 5.74) is 1.18. The van der Waals surface area contributed by atoms with E-state index in [2.05, 4.69) is 59.2 Å². The van der Waals surface area contributed by atoms with Crippen molar-refractivity contribution in [3.8, 4) is 5.75 Å². The zero-order chi connectivity index (χ0) is 19.0. The zero-order valence-corrected chi connectivity index (χ0v) is 18.5. The van der Waals surface area contributed by atoms with E-state index >= 15 is 0 Å². The summed E-state index contributed by atoms with van der Waals surface area (Å²) in [5, 5.41) is 9.37. The molecule has 3 nitrogen and oxygen atoms in total. The smallest absolute Gasteiger partial charge is 0.334 e. The second-order valence-corrected chi connectivity index (χ2v) is 8.17. The van der Waals surface area contributed by atoms with Gasteiger partial charge in [0, 0.05) is 4.47 Å². The van der Waals surface area contributed by atoms with Crippen molar-refractivity contribution in [1.82, 2.24) is 0 Å². The number of hydrogen-bond donors (Lipinski definition) is 1. The van der Waals surface area contributed by atoms with Gasteiger partial charge in [0.2, 0.25) is 0 Å². The summed E-state index contributed by atoms with van der Waals surface area (Å²) in [4.78, 5) is 11.4. The maximum absolute atomic E-state index is 11.4. The van der Waals surface area contributed by atoms with E-state index in [4.69, 9.17) is 4.74 Å². The van der Waals surface area contributed by atoms with Gasteiger partial charge in [-0.25, -0.2) is 4.79 Å². The maximum atomic E-state index is 11.4. The number of aliphatic carboxylic acids is 1. The number of halogens is 2. The Balaban J connectivity index is 3.09. The summed E-state index contributed by atoms with van der Waals surface area (Å²) in [7, 11) is 0. The molecule has 25 heavy (non-hydrogen) atoms. The van der Waals surface area contributed by atoms with E-state index in [1.54, 1.807) is 0 Å². The minimum atomic E-state index is -1.00. The minimum Gasteiger partial charge on any atom is -0.484 e. The number of ether oxygens (including phenoxy) is 1. The maximum Gasteiger partial charge on any atom is 0.334 e. The van der Waals surface area contributed by atoms with Gasteiger partial charge in [-0.1, -0.05) is 62.5 Å². The van der Waals surface area contributed by atoms with Gasteiger partial charge < -0.3 is 9.84 Å². The molecule has 0 aliphatic heterocycles. The third-order valence-corrected chi connectivity index (χ3v) is 5.47. The van der Waals surface area contributed by atoms with Crippen LogP contribution in [0.1, 0.15) is 70.8 Å². The molecule has 140 valence electrons. The predicted octanol–water partition coefficient (Wildman–Crippen LogP) is 7.08. The quantitative estimate of drug-likeness (QED) is 0.274. The lowest BCUT2D eigenvalue weighted by atomic mass is 9.97. The molecule has 0 spiro atoms. The van der Waals surface area contributed by atoms with E-state index in [1.807, 2.05) is 12.1 Å². The average molecular weight is 476 g/mol. The molecule has 0 heterocycles. The summed E-state index contributed by atoms with van der Waals surface area (Å²) in [6.45, 7) is 10.2. The normalized spacial score (nSPS) is 13.3. The van der Waals surface area contributed by atoms with Crippen LogP contribution >= 0.6 is 31.9 Å². The number of carboxylic acid groups (broad SMARTS) is 1. The fraction of sp³-hybridized carbons (Fsp3) is 0.550. The molecule has 1 aromatic rings. The van der Waals surface area contributed by atoms with Crippen molar-refractivity contribution in [1.29, 1.82) is 0 Å². The first-order valence-corrected chi connectivity index (χ1v) is 10.5. The van der Waals surface area contributed by atoms with Gasteiger partial charge in [-0.15, -0.1) is 0 Å². The SMILES string of the molecule is C=C(C(=O)O)C(CCCCCC)Oc1c(Br)cc(Br)cc1C(C)CC. The topological polar surface area (TPSA) is 46.5 Å². The van der Waals surface area contributed by atoms with E-state index < -0.39 is 12.1 Å². The van der Waals surface area contributed by atoms with Gasteiger partial charge in [-0.2, -0.15) is 0 Å². The molecular formula is C20H28Br2O3. The van der Waals surface area contributed by atoms with Gasteiger partial charge in [0.1, 0.15) is 11.9 Å². The molecule has 0 amide bonds. The van der Waals surface area contributed by atoms with Crippen LogP contribution in [0.2, 0.25) is 0 Å². The Bertz CT molecular complexity index is 599. The molecule has 0 aromatic heterocycles. The first-order chi connectivity index (χ1) is 11.8. The van der Waals surface area contributed by atoms with E-state index in [1.165, 1.54) is 0 Å². The molecule has 1 rings (SSSR count). The van der Waals surface area contributed by atoms with Crippen LogP contribution in [0.5, 0.6) is 5.75 Å². The van der Waals surface area contributed by atoms with Crippen molar-refractivity contribution >= 4 is 37.8 Å². The van der Waals surface area contributed by atoms with Gasteiger partial charge in [-0.3, -0.25) is 0 Å².